The maximum absolute atomic E-state index is 13.6. The number of hydrogen-bond donors (Lipinski definition) is 2. The normalized spacial score (nSPS) is 10.5. The monoisotopic (exact) mass is 233 g/mol. The number of benzene rings is 1. The number of fused-ring (bicyclic) bond motifs is 1. The first-order valence-corrected chi connectivity index (χ1v) is 5.26. The molecule has 0 unspecified atom stereocenters. The van der Waals surface area contributed by atoms with Crippen molar-refractivity contribution in [1.82, 2.24) is 10.3 Å². The van der Waals surface area contributed by atoms with Gasteiger partial charge in [-0.25, -0.2) is 4.39 Å². The second-order valence-corrected chi connectivity index (χ2v) is 3.58. The van der Waals surface area contributed by atoms with Gasteiger partial charge >= 0.3 is 0 Å². The lowest BCUT2D eigenvalue weighted by Gasteiger charge is -2.08. The summed E-state index contributed by atoms with van der Waals surface area (Å²) in [5, 5.41) is 3.29. The molecule has 2 rings (SSSR count). The van der Waals surface area contributed by atoms with Gasteiger partial charge in [-0.15, -0.1) is 0 Å². The molecular formula is C12H12FN3O. The van der Waals surface area contributed by atoms with Gasteiger partial charge in [-0.05, 0) is 25.1 Å². The Morgan fingerprint density at radius 3 is 2.94 bits per heavy atom. The molecule has 1 aromatic carbocycles. The molecule has 3 N–H and O–H groups in total. The van der Waals surface area contributed by atoms with Crippen LogP contribution >= 0.6 is 0 Å². The molecule has 5 heteroatoms. The number of aromatic nitrogens is 1. The zero-order valence-electron chi connectivity index (χ0n) is 9.33. The van der Waals surface area contributed by atoms with E-state index >= 15 is 0 Å². The first kappa shape index (κ1) is 11.3. The van der Waals surface area contributed by atoms with E-state index in [-0.39, 0.29) is 11.6 Å². The Kier molecular flexibility index (Phi) is 2.91. The number of pyridine rings is 1. The van der Waals surface area contributed by atoms with Crippen LogP contribution in [-0.4, -0.2) is 17.4 Å². The lowest BCUT2D eigenvalue weighted by molar-refractivity contribution is 0.0952. The Morgan fingerprint density at radius 2 is 2.24 bits per heavy atom. The van der Waals surface area contributed by atoms with Crippen molar-refractivity contribution in [2.24, 2.45) is 0 Å². The van der Waals surface area contributed by atoms with Crippen molar-refractivity contribution in [3.63, 3.8) is 0 Å². The lowest BCUT2D eigenvalue weighted by Crippen LogP contribution is -2.24. The molecule has 0 aliphatic heterocycles. The third-order valence-electron chi connectivity index (χ3n) is 2.46. The van der Waals surface area contributed by atoms with Crippen molar-refractivity contribution >= 4 is 22.4 Å². The van der Waals surface area contributed by atoms with Crippen molar-refractivity contribution in [2.75, 3.05) is 12.3 Å². The Balaban J connectivity index is 2.72. The predicted octanol–water partition coefficient (Wildman–Crippen LogP) is 1.71. The van der Waals surface area contributed by atoms with E-state index in [0.717, 1.165) is 0 Å². The first-order chi connectivity index (χ1) is 8.15. The largest absolute Gasteiger partial charge is 0.398 e. The van der Waals surface area contributed by atoms with Crippen molar-refractivity contribution < 1.29 is 9.18 Å². The van der Waals surface area contributed by atoms with Crippen LogP contribution in [0, 0.1) is 5.82 Å². The number of carbonyl (C=O) groups is 1. The van der Waals surface area contributed by atoms with Gasteiger partial charge in [-0.3, -0.25) is 9.78 Å². The Bertz CT molecular complexity index is 583. The summed E-state index contributed by atoms with van der Waals surface area (Å²) < 4.78 is 13.6. The zero-order chi connectivity index (χ0) is 12.4. The summed E-state index contributed by atoms with van der Waals surface area (Å²) in [6.07, 6.45) is 1.40. The molecule has 0 aliphatic rings. The van der Waals surface area contributed by atoms with Crippen LogP contribution in [0.5, 0.6) is 0 Å². The van der Waals surface area contributed by atoms with Crippen LogP contribution in [0.3, 0.4) is 0 Å². The average Bonchev–Trinajstić information content (AvgIpc) is 2.34. The summed E-state index contributed by atoms with van der Waals surface area (Å²) >= 11 is 0. The first-order valence-electron chi connectivity index (χ1n) is 5.26. The molecular weight excluding hydrogens is 221 g/mol. The molecule has 0 saturated carbocycles. The van der Waals surface area contributed by atoms with Crippen LogP contribution in [-0.2, 0) is 0 Å². The number of nitrogens with two attached hydrogens (primary N) is 1. The van der Waals surface area contributed by atoms with Crippen molar-refractivity contribution in [2.45, 2.75) is 6.92 Å². The van der Waals surface area contributed by atoms with Gasteiger partial charge < -0.3 is 11.1 Å². The maximum Gasteiger partial charge on any atom is 0.270 e. The fraction of sp³-hybridized carbons (Fsp3) is 0.167. The Hall–Kier alpha value is -2.17. The summed E-state index contributed by atoms with van der Waals surface area (Å²) in [5.41, 5.74) is 6.27. The van der Waals surface area contributed by atoms with Crippen molar-refractivity contribution in [3.05, 3.63) is 35.9 Å². The minimum absolute atomic E-state index is 0.154. The molecule has 0 spiro atoms. The molecule has 1 heterocycles. The number of hydrogen-bond acceptors (Lipinski definition) is 3. The molecule has 0 aliphatic carbocycles. The van der Waals surface area contributed by atoms with E-state index in [1.165, 1.54) is 24.4 Å². The van der Waals surface area contributed by atoms with Gasteiger partial charge in [0, 0.05) is 29.2 Å². The minimum Gasteiger partial charge on any atom is -0.398 e. The number of anilines is 1. The SMILES string of the molecule is CCNC(=O)c1nccc2c(F)ccc(N)c12. The highest BCUT2D eigenvalue weighted by atomic mass is 19.1. The number of rotatable bonds is 2. The van der Waals surface area contributed by atoms with Crippen LogP contribution in [0.1, 0.15) is 17.4 Å². The van der Waals surface area contributed by atoms with Crippen LogP contribution in [0.15, 0.2) is 24.4 Å². The predicted molar refractivity (Wildman–Crippen MR) is 64.1 cm³/mol. The zero-order valence-corrected chi connectivity index (χ0v) is 9.33. The second kappa shape index (κ2) is 4.37. The summed E-state index contributed by atoms with van der Waals surface area (Å²) in [6.45, 7) is 2.28. The lowest BCUT2D eigenvalue weighted by atomic mass is 10.1. The number of nitrogens with zero attached hydrogens (tertiary/aromatic N) is 1. The molecule has 0 saturated heterocycles. The fourth-order valence-electron chi connectivity index (χ4n) is 1.71. The number of nitrogens with one attached hydrogen (secondary N) is 1. The molecule has 0 bridgehead atoms. The Labute approximate surface area is 97.6 Å². The molecule has 0 radical (unpaired) electrons. The molecule has 88 valence electrons. The van der Waals surface area contributed by atoms with E-state index < -0.39 is 5.82 Å². The second-order valence-electron chi connectivity index (χ2n) is 3.58. The smallest absolute Gasteiger partial charge is 0.270 e. The van der Waals surface area contributed by atoms with Crippen LogP contribution in [0.2, 0.25) is 0 Å². The van der Waals surface area contributed by atoms with E-state index in [9.17, 15) is 9.18 Å². The van der Waals surface area contributed by atoms with E-state index in [0.29, 0.717) is 23.0 Å². The van der Waals surface area contributed by atoms with Gasteiger partial charge in [0.1, 0.15) is 11.5 Å². The van der Waals surface area contributed by atoms with Gasteiger partial charge in [0.05, 0.1) is 0 Å². The van der Waals surface area contributed by atoms with Crippen molar-refractivity contribution in [3.8, 4) is 0 Å². The standard InChI is InChI=1S/C12H12FN3O/c1-2-15-12(17)11-10-7(5-6-16-11)8(13)3-4-9(10)14/h3-6H,2,14H2,1H3,(H,15,17). The summed E-state index contributed by atoms with van der Waals surface area (Å²) in [5.74, 6) is -0.766. The molecule has 1 amide bonds. The van der Waals surface area contributed by atoms with Crippen molar-refractivity contribution in [1.29, 1.82) is 0 Å². The molecule has 0 atom stereocenters. The number of amides is 1. The molecule has 17 heavy (non-hydrogen) atoms. The Morgan fingerprint density at radius 1 is 1.47 bits per heavy atom. The van der Waals surface area contributed by atoms with Crippen LogP contribution in [0.4, 0.5) is 10.1 Å². The quantitative estimate of drug-likeness (QED) is 0.776. The van der Waals surface area contributed by atoms with Gasteiger partial charge in [-0.1, -0.05) is 0 Å². The van der Waals surface area contributed by atoms with E-state index in [4.69, 9.17) is 5.73 Å². The topological polar surface area (TPSA) is 68.0 Å². The third-order valence-corrected chi connectivity index (χ3v) is 2.46. The minimum atomic E-state index is -0.415. The molecule has 2 aromatic rings. The third kappa shape index (κ3) is 1.91. The summed E-state index contributed by atoms with van der Waals surface area (Å²) in [6, 6.07) is 4.21. The average molecular weight is 233 g/mol. The van der Waals surface area contributed by atoms with Gasteiger partial charge in [0.25, 0.3) is 5.91 Å². The van der Waals surface area contributed by atoms with Crippen LogP contribution in [0.25, 0.3) is 10.8 Å². The number of halogens is 1. The highest BCUT2D eigenvalue weighted by molar-refractivity contribution is 6.09. The molecule has 4 nitrogen and oxygen atoms in total. The number of carbonyl (C=O) groups excluding carboxylic acids is 1. The van der Waals surface area contributed by atoms with E-state index in [1.54, 1.807) is 6.92 Å². The summed E-state index contributed by atoms with van der Waals surface area (Å²) in [7, 11) is 0. The van der Waals surface area contributed by atoms with Gasteiger partial charge in [0.2, 0.25) is 0 Å². The number of nitrogen functional groups attached to an aromatic ring is 1. The van der Waals surface area contributed by atoms with Gasteiger partial charge in [-0.2, -0.15) is 0 Å². The highest BCUT2D eigenvalue weighted by Gasteiger charge is 2.14. The molecule has 1 aromatic heterocycles. The van der Waals surface area contributed by atoms with Gasteiger partial charge in [0.15, 0.2) is 0 Å². The molecule has 0 fully saturated rings. The van der Waals surface area contributed by atoms with E-state index in [1.807, 2.05) is 0 Å². The fourth-order valence-corrected chi connectivity index (χ4v) is 1.71. The summed E-state index contributed by atoms with van der Waals surface area (Å²) in [4.78, 5) is 15.7. The maximum atomic E-state index is 13.6. The van der Waals surface area contributed by atoms with Crippen LogP contribution < -0.4 is 11.1 Å². The highest BCUT2D eigenvalue weighted by Crippen LogP contribution is 2.25. The van der Waals surface area contributed by atoms with E-state index in [2.05, 4.69) is 10.3 Å².